The van der Waals surface area contributed by atoms with Gasteiger partial charge in [-0.2, -0.15) is 4.98 Å². The number of esters is 1. The molecular weight excluding hydrogens is 342 g/mol. The van der Waals surface area contributed by atoms with Gasteiger partial charge in [-0.25, -0.2) is 13.6 Å². The van der Waals surface area contributed by atoms with E-state index in [0.717, 1.165) is 18.2 Å². The molecule has 0 spiro atoms. The Hall–Kier alpha value is -2.80. The van der Waals surface area contributed by atoms with Crippen LogP contribution in [0.4, 0.5) is 8.78 Å². The van der Waals surface area contributed by atoms with Crippen molar-refractivity contribution in [2.75, 3.05) is 0 Å². The van der Waals surface area contributed by atoms with Gasteiger partial charge in [0.25, 0.3) is 5.89 Å². The highest BCUT2D eigenvalue weighted by Gasteiger charge is 2.16. The molecule has 0 amide bonds. The van der Waals surface area contributed by atoms with E-state index >= 15 is 0 Å². The van der Waals surface area contributed by atoms with Gasteiger partial charge in [-0.1, -0.05) is 28.9 Å². The Bertz CT molecular complexity index is 899. The predicted molar refractivity (Wildman–Crippen MR) is 80.2 cm³/mol. The Balaban J connectivity index is 1.69. The first-order valence-electron chi connectivity index (χ1n) is 6.73. The zero-order valence-electron chi connectivity index (χ0n) is 12.0. The monoisotopic (exact) mass is 350 g/mol. The Morgan fingerprint density at radius 1 is 1.21 bits per heavy atom. The fraction of sp³-hybridized carbons (Fsp3) is 0.0625. The number of aromatic nitrogens is 2. The Morgan fingerprint density at radius 2 is 2.04 bits per heavy atom. The van der Waals surface area contributed by atoms with Crippen LogP contribution in [0, 0.1) is 11.6 Å². The van der Waals surface area contributed by atoms with Crippen molar-refractivity contribution in [3.63, 3.8) is 0 Å². The number of benzene rings is 2. The zero-order chi connectivity index (χ0) is 17.1. The van der Waals surface area contributed by atoms with Gasteiger partial charge in [0.2, 0.25) is 5.82 Å². The van der Waals surface area contributed by atoms with E-state index in [1.54, 1.807) is 24.3 Å². The fourth-order valence-corrected chi connectivity index (χ4v) is 2.11. The summed E-state index contributed by atoms with van der Waals surface area (Å²) in [6.45, 7) is -0.373. The van der Waals surface area contributed by atoms with Gasteiger partial charge in [-0.15, -0.1) is 0 Å². The van der Waals surface area contributed by atoms with Crippen molar-refractivity contribution in [3.05, 3.63) is 70.6 Å². The Morgan fingerprint density at radius 3 is 2.83 bits per heavy atom. The Labute approximate surface area is 139 Å². The number of nitrogens with zero attached hydrogens (tertiary/aromatic N) is 2. The predicted octanol–water partition coefficient (Wildman–Crippen LogP) is 4.03. The summed E-state index contributed by atoms with van der Waals surface area (Å²) in [5, 5.41) is 4.25. The van der Waals surface area contributed by atoms with Crippen molar-refractivity contribution < 1.29 is 22.8 Å². The Kier molecular flexibility index (Phi) is 4.52. The lowest BCUT2D eigenvalue weighted by atomic mass is 10.2. The van der Waals surface area contributed by atoms with E-state index in [-0.39, 0.29) is 18.3 Å². The first-order chi connectivity index (χ1) is 11.5. The van der Waals surface area contributed by atoms with Gasteiger partial charge >= 0.3 is 5.97 Å². The van der Waals surface area contributed by atoms with E-state index < -0.39 is 23.2 Å². The van der Waals surface area contributed by atoms with Crippen LogP contribution in [0.3, 0.4) is 0 Å². The van der Waals surface area contributed by atoms with E-state index in [0.29, 0.717) is 10.6 Å². The fourth-order valence-electron chi connectivity index (χ4n) is 1.92. The van der Waals surface area contributed by atoms with Crippen molar-refractivity contribution in [1.29, 1.82) is 0 Å². The topological polar surface area (TPSA) is 65.2 Å². The molecule has 0 bridgehead atoms. The molecule has 3 aromatic rings. The van der Waals surface area contributed by atoms with Gasteiger partial charge in [0.1, 0.15) is 11.6 Å². The third kappa shape index (κ3) is 3.57. The molecule has 0 aliphatic carbocycles. The largest absolute Gasteiger partial charge is 0.452 e. The van der Waals surface area contributed by atoms with Crippen LogP contribution in [0.1, 0.15) is 16.2 Å². The average molecular weight is 351 g/mol. The minimum absolute atomic E-state index is 0.00939. The SMILES string of the molecule is O=C(OCc1nc(-c2cccc(Cl)c2)no1)c1cc(F)ccc1F. The minimum Gasteiger partial charge on any atom is -0.452 e. The lowest BCUT2D eigenvalue weighted by molar-refractivity contribution is 0.0424. The molecule has 0 N–H and O–H groups in total. The molecule has 0 fully saturated rings. The lowest BCUT2D eigenvalue weighted by Crippen LogP contribution is -2.08. The molecule has 2 aromatic carbocycles. The van der Waals surface area contributed by atoms with Crippen LogP contribution in [0.2, 0.25) is 5.02 Å². The molecule has 0 aliphatic heterocycles. The molecule has 0 saturated heterocycles. The van der Waals surface area contributed by atoms with Crippen molar-refractivity contribution >= 4 is 17.6 Å². The number of rotatable bonds is 4. The first kappa shape index (κ1) is 16.1. The minimum atomic E-state index is -1.03. The van der Waals surface area contributed by atoms with Crippen molar-refractivity contribution in [3.8, 4) is 11.4 Å². The van der Waals surface area contributed by atoms with Gasteiger partial charge in [0.05, 0.1) is 5.56 Å². The average Bonchev–Trinajstić information content (AvgIpc) is 3.04. The van der Waals surface area contributed by atoms with Crippen LogP contribution < -0.4 is 0 Å². The highest BCUT2D eigenvalue weighted by atomic mass is 35.5. The molecule has 8 heteroatoms. The van der Waals surface area contributed by atoms with Crippen LogP contribution in [-0.4, -0.2) is 16.1 Å². The number of hydrogen-bond acceptors (Lipinski definition) is 5. The molecule has 0 radical (unpaired) electrons. The maximum atomic E-state index is 13.5. The summed E-state index contributed by atoms with van der Waals surface area (Å²) in [5.74, 6) is -2.39. The van der Waals surface area contributed by atoms with Gasteiger partial charge in [0.15, 0.2) is 6.61 Å². The number of ether oxygens (including phenoxy) is 1. The molecule has 0 saturated carbocycles. The highest BCUT2D eigenvalue weighted by molar-refractivity contribution is 6.30. The van der Waals surface area contributed by atoms with Crippen LogP contribution in [-0.2, 0) is 11.3 Å². The molecule has 3 rings (SSSR count). The third-order valence-corrected chi connectivity index (χ3v) is 3.26. The second-order valence-corrected chi connectivity index (χ2v) is 5.16. The molecule has 122 valence electrons. The standard InChI is InChI=1S/C16H9ClF2N2O3/c17-10-3-1-2-9(6-10)15-20-14(24-21-15)8-23-16(22)12-7-11(18)4-5-13(12)19/h1-7H,8H2. The molecule has 0 aliphatic rings. The van der Waals surface area contributed by atoms with Crippen LogP contribution in [0.25, 0.3) is 11.4 Å². The maximum absolute atomic E-state index is 13.5. The lowest BCUT2D eigenvalue weighted by Gasteiger charge is -2.03. The smallest absolute Gasteiger partial charge is 0.341 e. The number of carbonyl (C=O) groups excluding carboxylic acids is 1. The summed E-state index contributed by atoms with van der Waals surface area (Å²) < 4.78 is 36.4. The van der Waals surface area contributed by atoms with Gasteiger partial charge < -0.3 is 9.26 Å². The van der Waals surface area contributed by atoms with E-state index in [1.807, 2.05) is 0 Å². The molecule has 24 heavy (non-hydrogen) atoms. The third-order valence-electron chi connectivity index (χ3n) is 3.03. The number of carbonyl (C=O) groups is 1. The molecular formula is C16H9ClF2N2O3. The normalized spacial score (nSPS) is 10.6. The second-order valence-electron chi connectivity index (χ2n) is 4.72. The summed E-state index contributed by atoms with van der Waals surface area (Å²) in [7, 11) is 0. The molecule has 0 unspecified atom stereocenters. The highest BCUT2D eigenvalue weighted by Crippen LogP contribution is 2.20. The zero-order valence-corrected chi connectivity index (χ0v) is 12.8. The number of halogens is 3. The van der Waals surface area contributed by atoms with E-state index in [2.05, 4.69) is 10.1 Å². The summed E-state index contributed by atoms with van der Waals surface area (Å²) >= 11 is 5.88. The van der Waals surface area contributed by atoms with E-state index in [9.17, 15) is 13.6 Å². The van der Waals surface area contributed by atoms with Crippen LogP contribution in [0.5, 0.6) is 0 Å². The van der Waals surface area contributed by atoms with Crippen LogP contribution in [0.15, 0.2) is 47.0 Å². The molecule has 5 nitrogen and oxygen atoms in total. The van der Waals surface area contributed by atoms with Crippen molar-refractivity contribution in [2.45, 2.75) is 6.61 Å². The summed E-state index contributed by atoms with van der Waals surface area (Å²) in [6.07, 6.45) is 0. The van der Waals surface area contributed by atoms with Gasteiger partial charge in [0, 0.05) is 10.6 Å². The van der Waals surface area contributed by atoms with Gasteiger partial charge in [-0.05, 0) is 30.3 Å². The molecule has 1 heterocycles. The van der Waals surface area contributed by atoms with Crippen LogP contribution >= 0.6 is 11.6 Å². The van der Waals surface area contributed by atoms with E-state index in [4.69, 9.17) is 20.9 Å². The molecule has 1 aromatic heterocycles. The summed E-state index contributed by atoms with van der Waals surface area (Å²) in [5.41, 5.74) is 0.115. The van der Waals surface area contributed by atoms with Gasteiger partial charge in [-0.3, -0.25) is 0 Å². The first-order valence-corrected chi connectivity index (χ1v) is 7.11. The second kappa shape index (κ2) is 6.76. The van der Waals surface area contributed by atoms with E-state index in [1.165, 1.54) is 0 Å². The quantitative estimate of drug-likeness (QED) is 0.665. The summed E-state index contributed by atoms with van der Waals surface area (Å²) in [4.78, 5) is 15.8. The number of hydrogen-bond donors (Lipinski definition) is 0. The molecule has 0 atom stereocenters. The maximum Gasteiger partial charge on any atom is 0.341 e. The van der Waals surface area contributed by atoms with Crippen molar-refractivity contribution in [1.82, 2.24) is 10.1 Å². The van der Waals surface area contributed by atoms with Crippen molar-refractivity contribution in [2.24, 2.45) is 0 Å². The summed E-state index contributed by atoms with van der Waals surface area (Å²) in [6, 6.07) is 9.29.